The van der Waals surface area contributed by atoms with Crippen molar-refractivity contribution in [3.05, 3.63) is 93.3 Å². The van der Waals surface area contributed by atoms with E-state index in [1.165, 1.54) is 11.3 Å². The summed E-state index contributed by atoms with van der Waals surface area (Å²) in [4.78, 5) is 25.5. The molecule has 0 fully saturated rings. The third kappa shape index (κ3) is 4.27. The second kappa shape index (κ2) is 8.25. The summed E-state index contributed by atoms with van der Waals surface area (Å²) in [5, 5.41) is 7.42. The highest BCUT2D eigenvalue weighted by Crippen LogP contribution is 2.37. The molecule has 2 N–H and O–H groups in total. The van der Waals surface area contributed by atoms with Gasteiger partial charge in [-0.1, -0.05) is 53.5 Å². The number of thiophene rings is 1. The predicted octanol–water partition coefficient (Wildman–Crippen LogP) is 6.71. The Balaban J connectivity index is 1.53. The monoisotopic (exact) mass is 440 g/mol. The molecule has 0 radical (unpaired) electrons. The van der Waals surface area contributed by atoms with Crippen LogP contribution in [0.3, 0.4) is 0 Å². The molecule has 7 heteroatoms. The number of hydrogen-bond donors (Lipinski definition) is 2. The maximum Gasteiger partial charge on any atom is 0.267 e. The van der Waals surface area contributed by atoms with E-state index in [4.69, 9.17) is 23.2 Å². The smallest absolute Gasteiger partial charge is 0.267 e. The summed E-state index contributed by atoms with van der Waals surface area (Å²) in [6, 6.07) is 21.2. The highest BCUT2D eigenvalue weighted by molar-refractivity contribution is 7.21. The van der Waals surface area contributed by atoms with Crippen LogP contribution in [0.4, 0.5) is 11.4 Å². The lowest BCUT2D eigenvalue weighted by molar-refractivity contribution is 0.102. The zero-order valence-corrected chi connectivity index (χ0v) is 17.2. The quantitative estimate of drug-likeness (QED) is 0.370. The Morgan fingerprint density at radius 1 is 0.759 bits per heavy atom. The van der Waals surface area contributed by atoms with Gasteiger partial charge in [0.15, 0.2) is 0 Å². The van der Waals surface area contributed by atoms with Crippen molar-refractivity contribution < 1.29 is 9.59 Å². The molecular weight excluding hydrogens is 427 g/mol. The minimum Gasteiger partial charge on any atom is -0.322 e. The Bertz CT molecular complexity index is 1220. The molecule has 0 bridgehead atoms. The van der Waals surface area contributed by atoms with Gasteiger partial charge in [0, 0.05) is 32.0 Å². The molecule has 144 valence electrons. The molecule has 1 aromatic heterocycles. The van der Waals surface area contributed by atoms with Gasteiger partial charge in [0.2, 0.25) is 0 Å². The van der Waals surface area contributed by atoms with Gasteiger partial charge >= 0.3 is 0 Å². The molecule has 2 amide bonds. The van der Waals surface area contributed by atoms with Crippen LogP contribution in [-0.2, 0) is 0 Å². The molecule has 0 aliphatic carbocycles. The molecule has 0 unspecified atom stereocenters. The van der Waals surface area contributed by atoms with Gasteiger partial charge in [-0.3, -0.25) is 9.59 Å². The lowest BCUT2D eigenvalue weighted by atomic mass is 10.2. The van der Waals surface area contributed by atoms with E-state index >= 15 is 0 Å². The summed E-state index contributed by atoms with van der Waals surface area (Å²) < 4.78 is 0.844. The first-order valence-electron chi connectivity index (χ1n) is 8.66. The zero-order valence-electron chi connectivity index (χ0n) is 14.9. The first kappa shape index (κ1) is 19.5. The summed E-state index contributed by atoms with van der Waals surface area (Å²) in [7, 11) is 0. The van der Waals surface area contributed by atoms with E-state index in [9.17, 15) is 9.59 Å². The Labute approximate surface area is 181 Å². The second-order valence-electron chi connectivity index (χ2n) is 6.24. The predicted molar refractivity (Wildman–Crippen MR) is 121 cm³/mol. The van der Waals surface area contributed by atoms with E-state index < -0.39 is 0 Å². The first-order valence-corrected chi connectivity index (χ1v) is 10.2. The fourth-order valence-corrected chi connectivity index (χ4v) is 4.53. The molecule has 0 saturated carbocycles. The average molecular weight is 441 g/mol. The van der Waals surface area contributed by atoms with E-state index in [2.05, 4.69) is 10.6 Å². The van der Waals surface area contributed by atoms with E-state index in [1.807, 2.05) is 6.07 Å². The van der Waals surface area contributed by atoms with Crippen LogP contribution in [0.25, 0.3) is 10.1 Å². The molecule has 4 nitrogen and oxygen atoms in total. The van der Waals surface area contributed by atoms with Gasteiger partial charge < -0.3 is 10.6 Å². The molecule has 0 atom stereocenters. The topological polar surface area (TPSA) is 58.2 Å². The molecular formula is C22H14Cl2N2O2S. The van der Waals surface area contributed by atoms with Crippen molar-refractivity contribution in [2.75, 3.05) is 10.6 Å². The van der Waals surface area contributed by atoms with Crippen LogP contribution < -0.4 is 10.6 Å². The molecule has 3 aromatic carbocycles. The van der Waals surface area contributed by atoms with Gasteiger partial charge in [0.1, 0.15) is 4.88 Å². The number of rotatable bonds is 4. The minimum absolute atomic E-state index is 0.224. The van der Waals surface area contributed by atoms with Crippen LogP contribution in [0, 0.1) is 0 Å². The van der Waals surface area contributed by atoms with Gasteiger partial charge in [-0.15, -0.1) is 11.3 Å². The SMILES string of the molecule is O=C(Nc1cccc(NC(=O)c2sc3cc(Cl)ccc3c2Cl)c1)c1ccccc1. The number of anilines is 2. The molecule has 4 aromatic rings. The number of halogens is 2. The van der Waals surface area contributed by atoms with E-state index in [-0.39, 0.29) is 11.8 Å². The number of hydrogen-bond acceptors (Lipinski definition) is 3. The molecule has 1 heterocycles. The minimum atomic E-state index is -0.321. The molecule has 0 aliphatic heterocycles. The lowest BCUT2D eigenvalue weighted by Crippen LogP contribution is -2.13. The Kier molecular flexibility index (Phi) is 5.53. The van der Waals surface area contributed by atoms with E-state index in [0.717, 1.165) is 10.1 Å². The summed E-state index contributed by atoms with van der Waals surface area (Å²) >= 11 is 13.7. The summed E-state index contributed by atoms with van der Waals surface area (Å²) in [5.41, 5.74) is 1.68. The first-order chi connectivity index (χ1) is 14.0. The molecule has 0 saturated heterocycles. The number of amides is 2. The molecule has 0 aliphatic rings. The maximum absolute atomic E-state index is 12.7. The van der Waals surface area contributed by atoms with Crippen molar-refractivity contribution in [3.8, 4) is 0 Å². The van der Waals surface area contributed by atoms with Gasteiger partial charge in [0.25, 0.3) is 11.8 Å². The largest absolute Gasteiger partial charge is 0.322 e. The fourth-order valence-electron chi connectivity index (χ4n) is 2.84. The average Bonchev–Trinajstić information content (AvgIpc) is 3.04. The number of carbonyl (C=O) groups is 2. The third-order valence-electron chi connectivity index (χ3n) is 4.21. The highest BCUT2D eigenvalue weighted by Gasteiger charge is 2.18. The maximum atomic E-state index is 12.7. The van der Waals surface area contributed by atoms with Gasteiger partial charge in [-0.2, -0.15) is 0 Å². The van der Waals surface area contributed by atoms with Crippen molar-refractivity contribution in [1.82, 2.24) is 0 Å². The van der Waals surface area contributed by atoms with Crippen molar-refractivity contribution >= 4 is 67.8 Å². The van der Waals surface area contributed by atoms with Crippen LogP contribution in [-0.4, -0.2) is 11.8 Å². The van der Waals surface area contributed by atoms with Gasteiger partial charge in [-0.25, -0.2) is 0 Å². The number of carbonyl (C=O) groups excluding carboxylic acids is 2. The summed E-state index contributed by atoms with van der Waals surface area (Å²) in [6.45, 7) is 0. The lowest BCUT2D eigenvalue weighted by Gasteiger charge is -2.08. The van der Waals surface area contributed by atoms with Crippen LogP contribution >= 0.6 is 34.5 Å². The molecule has 0 spiro atoms. The van der Waals surface area contributed by atoms with Crippen LogP contribution in [0.2, 0.25) is 10.0 Å². The normalized spacial score (nSPS) is 10.7. The van der Waals surface area contributed by atoms with Crippen LogP contribution in [0.1, 0.15) is 20.0 Å². The number of benzene rings is 3. The molecule has 4 rings (SSSR count). The van der Waals surface area contributed by atoms with E-state index in [1.54, 1.807) is 66.7 Å². The third-order valence-corrected chi connectivity index (χ3v) is 6.10. The van der Waals surface area contributed by atoms with Crippen LogP contribution in [0.15, 0.2) is 72.8 Å². The number of nitrogens with one attached hydrogen (secondary N) is 2. The Morgan fingerprint density at radius 3 is 2.17 bits per heavy atom. The number of fused-ring (bicyclic) bond motifs is 1. The summed E-state index contributed by atoms with van der Waals surface area (Å²) in [6.07, 6.45) is 0. The highest BCUT2D eigenvalue weighted by atomic mass is 35.5. The van der Waals surface area contributed by atoms with Gasteiger partial charge in [-0.05, 0) is 42.5 Å². The molecule has 29 heavy (non-hydrogen) atoms. The van der Waals surface area contributed by atoms with Gasteiger partial charge in [0.05, 0.1) is 5.02 Å². The Hall–Kier alpha value is -2.86. The van der Waals surface area contributed by atoms with Crippen molar-refractivity contribution in [2.45, 2.75) is 0 Å². The summed E-state index contributed by atoms with van der Waals surface area (Å²) in [5.74, 6) is -0.544. The van der Waals surface area contributed by atoms with Crippen molar-refractivity contribution in [1.29, 1.82) is 0 Å². The van der Waals surface area contributed by atoms with Crippen molar-refractivity contribution in [2.24, 2.45) is 0 Å². The van der Waals surface area contributed by atoms with E-state index in [0.29, 0.717) is 31.9 Å². The second-order valence-corrected chi connectivity index (χ2v) is 8.11. The fraction of sp³-hybridized carbons (Fsp3) is 0. The zero-order chi connectivity index (χ0) is 20.4. The van der Waals surface area contributed by atoms with Crippen molar-refractivity contribution in [3.63, 3.8) is 0 Å². The van der Waals surface area contributed by atoms with Crippen LogP contribution in [0.5, 0.6) is 0 Å². The standard InChI is InChI=1S/C22H14Cl2N2O2S/c23-14-9-10-17-18(11-14)29-20(19(17)24)22(28)26-16-8-4-7-15(12-16)25-21(27)13-5-2-1-3-6-13/h1-12H,(H,25,27)(H,26,28). The Morgan fingerprint density at radius 2 is 1.45 bits per heavy atom.